The average Bonchev–Trinajstić information content (AvgIpc) is 3.82. The zero-order chi connectivity index (χ0) is 38.6. The van der Waals surface area contributed by atoms with Gasteiger partial charge < -0.3 is 9.13 Å². The molecule has 58 heavy (non-hydrogen) atoms. The molecule has 0 aliphatic heterocycles. The maximum Gasteiger partial charge on any atom is 0.160 e. The molecule has 0 aliphatic rings. The lowest BCUT2D eigenvalue weighted by atomic mass is 10.0. The monoisotopic (exact) mass is 739 g/mol. The molecule has 0 saturated carbocycles. The van der Waals surface area contributed by atoms with Crippen LogP contribution in [0.2, 0.25) is 0 Å². The molecule has 270 valence electrons. The molecular formula is C53H33N5. The molecular weight excluding hydrogens is 707 g/mol. The zero-order valence-electron chi connectivity index (χ0n) is 31.3. The van der Waals surface area contributed by atoms with Crippen LogP contribution in [0.5, 0.6) is 0 Å². The Hall–Kier alpha value is -8.07. The van der Waals surface area contributed by atoms with E-state index in [1.165, 1.54) is 21.8 Å². The lowest BCUT2D eigenvalue weighted by molar-refractivity contribution is 1.16. The fourth-order valence-corrected chi connectivity index (χ4v) is 8.48. The largest absolute Gasteiger partial charge is 0.309 e. The second-order valence-corrected chi connectivity index (χ2v) is 14.5. The summed E-state index contributed by atoms with van der Waals surface area (Å²) in [5.41, 5.74) is 13.6. The molecule has 11 aromatic rings. The Labute approximate surface area is 335 Å². The van der Waals surface area contributed by atoms with Gasteiger partial charge in [-0.15, -0.1) is 0 Å². The minimum Gasteiger partial charge on any atom is -0.309 e. The number of rotatable bonds is 6. The van der Waals surface area contributed by atoms with Gasteiger partial charge in [0, 0.05) is 49.6 Å². The summed E-state index contributed by atoms with van der Waals surface area (Å²) in [6.07, 6.45) is 0. The lowest BCUT2D eigenvalue weighted by Gasteiger charge is -2.13. The van der Waals surface area contributed by atoms with E-state index >= 15 is 0 Å². The van der Waals surface area contributed by atoms with Crippen molar-refractivity contribution in [2.45, 2.75) is 0 Å². The van der Waals surface area contributed by atoms with Crippen LogP contribution in [0.25, 0.3) is 100 Å². The van der Waals surface area contributed by atoms with Gasteiger partial charge in [-0.05, 0) is 83.9 Å². The van der Waals surface area contributed by atoms with Crippen LogP contribution in [0.1, 0.15) is 5.56 Å². The third-order valence-electron chi connectivity index (χ3n) is 11.2. The summed E-state index contributed by atoms with van der Waals surface area (Å²) in [4.78, 5) is 9.97. The predicted molar refractivity (Wildman–Crippen MR) is 237 cm³/mol. The first-order valence-corrected chi connectivity index (χ1v) is 19.4. The van der Waals surface area contributed by atoms with Crippen LogP contribution < -0.4 is 0 Å². The Balaban J connectivity index is 1.04. The van der Waals surface area contributed by atoms with Gasteiger partial charge in [-0.2, -0.15) is 5.26 Å². The molecule has 5 heteroatoms. The summed E-state index contributed by atoms with van der Waals surface area (Å²) in [6.45, 7) is 0. The number of nitrogens with zero attached hydrogens (tertiary/aromatic N) is 5. The molecule has 0 saturated heterocycles. The first-order valence-electron chi connectivity index (χ1n) is 19.4. The minimum absolute atomic E-state index is 0.541. The van der Waals surface area contributed by atoms with E-state index in [1.807, 2.05) is 78.9 Å². The van der Waals surface area contributed by atoms with Crippen LogP contribution in [-0.4, -0.2) is 19.1 Å². The molecule has 0 bridgehead atoms. The molecule has 0 amide bonds. The van der Waals surface area contributed by atoms with E-state index < -0.39 is 0 Å². The normalized spacial score (nSPS) is 11.4. The third-order valence-corrected chi connectivity index (χ3v) is 11.2. The number of nitriles is 1. The fraction of sp³-hybridized carbons (Fsp3) is 0. The molecule has 0 fully saturated rings. The summed E-state index contributed by atoms with van der Waals surface area (Å²) in [5.74, 6) is 0.615. The standard InChI is InChI=1S/C53H33N5/c54-34-39-30-41(26-27-42(39)48-33-47(35-14-4-1-5-15-35)55-53(56-48)36-16-6-2-7-17-36)58-50-23-13-11-21-44(50)46-32-38(25-29-52(46)58)37-24-28-51-45(31-37)43-20-10-12-22-49(43)57(51)40-18-8-3-9-19-40/h1-33H. The number of para-hydroxylation sites is 3. The Morgan fingerprint density at radius 3 is 1.47 bits per heavy atom. The Kier molecular flexibility index (Phi) is 7.80. The first kappa shape index (κ1) is 33.3. The number of fused-ring (bicyclic) bond motifs is 6. The predicted octanol–water partition coefficient (Wildman–Crippen LogP) is 13.2. The highest BCUT2D eigenvalue weighted by atomic mass is 15.0. The molecule has 0 unspecified atom stereocenters. The van der Waals surface area contributed by atoms with Gasteiger partial charge in [-0.1, -0.05) is 127 Å². The van der Waals surface area contributed by atoms with Crippen molar-refractivity contribution in [2.24, 2.45) is 0 Å². The van der Waals surface area contributed by atoms with Gasteiger partial charge in [0.15, 0.2) is 5.82 Å². The lowest BCUT2D eigenvalue weighted by Crippen LogP contribution is -1.99. The summed E-state index contributed by atoms with van der Waals surface area (Å²) < 4.78 is 4.61. The fourth-order valence-electron chi connectivity index (χ4n) is 8.48. The Morgan fingerprint density at radius 2 is 0.862 bits per heavy atom. The van der Waals surface area contributed by atoms with Gasteiger partial charge in [0.05, 0.1) is 45.1 Å². The maximum absolute atomic E-state index is 10.7. The van der Waals surface area contributed by atoms with Gasteiger partial charge in [0.2, 0.25) is 0 Å². The maximum atomic E-state index is 10.7. The second kappa shape index (κ2) is 13.6. The molecule has 0 aliphatic carbocycles. The summed E-state index contributed by atoms with van der Waals surface area (Å²) >= 11 is 0. The first-order chi connectivity index (χ1) is 28.7. The van der Waals surface area contributed by atoms with E-state index in [-0.39, 0.29) is 0 Å². The smallest absolute Gasteiger partial charge is 0.160 e. The van der Waals surface area contributed by atoms with Crippen LogP contribution in [0.15, 0.2) is 200 Å². The highest BCUT2D eigenvalue weighted by molar-refractivity contribution is 6.12. The molecule has 8 aromatic carbocycles. The number of benzene rings is 8. The van der Waals surface area contributed by atoms with Crippen LogP contribution in [0.3, 0.4) is 0 Å². The van der Waals surface area contributed by atoms with Crippen LogP contribution in [-0.2, 0) is 0 Å². The SMILES string of the molecule is N#Cc1cc(-n2c3ccccc3c3cc(-c4ccc5c(c4)c4ccccc4n5-c4ccccc4)ccc32)ccc1-c1cc(-c2ccccc2)nc(-c2ccccc2)n1. The van der Waals surface area contributed by atoms with Gasteiger partial charge in [0.25, 0.3) is 0 Å². The van der Waals surface area contributed by atoms with Crippen molar-refractivity contribution >= 4 is 43.6 Å². The Morgan fingerprint density at radius 1 is 0.362 bits per heavy atom. The highest BCUT2D eigenvalue weighted by Crippen LogP contribution is 2.39. The van der Waals surface area contributed by atoms with Crippen LogP contribution in [0, 0.1) is 11.3 Å². The van der Waals surface area contributed by atoms with E-state index in [4.69, 9.17) is 9.97 Å². The van der Waals surface area contributed by atoms with Crippen LogP contribution >= 0.6 is 0 Å². The van der Waals surface area contributed by atoms with Gasteiger partial charge in [-0.25, -0.2) is 9.97 Å². The van der Waals surface area contributed by atoms with E-state index in [2.05, 4.69) is 137 Å². The van der Waals surface area contributed by atoms with Crippen molar-refractivity contribution in [2.75, 3.05) is 0 Å². The molecule has 3 aromatic heterocycles. The number of hydrogen-bond donors (Lipinski definition) is 0. The van der Waals surface area contributed by atoms with Crippen molar-refractivity contribution in [3.05, 3.63) is 206 Å². The van der Waals surface area contributed by atoms with Gasteiger partial charge in [0.1, 0.15) is 0 Å². The Bertz CT molecular complexity index is 3330. The minimum atomic E-state index is 0.541. The van der Waals surface area contributed by atoms with Crippen molar-refractivity contribution in [3.8, 4) is 62.5 Å². The topological polar surface area (TPSA) is 59.4 Å². The third kappa shape index (κ3) is 5.47. The van der Waals surface area contributed by atoms with E-state index in [0.29, 0.717) is 17.1 Å². The van der Waals surface area contributed by atoms with Crippen molar-refractivity contribution < 1.29 is 0 Å². The average molecular weight is 740 g/mol. The summed E-state index contributed by atoms with van der Waals surface area (Å²) in [7, 11) is 0. The number of aromatic nitrogens is 4. The van der Waals surface area contributed by atoms with Crippen molar-refractivity contribution in [1.29, 1.82) is 5.26 Å². The zero-order valence-corrected chi connectivity index (χ0v) is 31.3. The van der Waals surface area contributed by atoms with Crippen LogP contribution in [0.4, 0.5) is 0 Å². The molecule has 3 heterocycles. The van der Waals surface area contributed by atoms with E-state index in [1.54, 1.807) is 0 Å². The van der Waals surface area contributed by atoms with E-state index in [9.17, 15) is 5.26 Å². The molecule has 0 atom stereocenters. The van der Waals surface area contributed by atoms with E-state index in [0.717, 1.165) is 66.7 Å². The molecule has 11 rings (SSSR count). The molecule has 0 N–H and O–H groups in total. The summed E-state index contributed by atoms with van der Waals surface area (Å²) in [5, 5.41) is 15.4. The molecule has 0 spiro atoms. The van der Waals surface area contributed by atoms with Gasteiger partial charge >= 0.3 is 0 Å². The van der Waals surface area contributed by atoms with Gasteiger partial charge in [-0.3, -0.25) is 0 Å². The van der Waals surface area contributed by atoms with Crippen molar-refractivity contribution in [3.63, 3.8) is 0 Å². The summed E-state index contributed by atoms with van der Waals surface area (Å²) in [6, 6.07) is 72.0. The van der Waals surface area contributed by atoms with Crippen molar-refractivity contribution in [1.82, 2.24) is 19.1 Å². The molecule has 0 radical (unpaired) electrons. The highest BCUT2D eigenvalue weighted by Gasteiger charge is 2.18. The quantitative estimate of drug-likeness (QED) is 0.171. The molecule has 5 nitrogen and oxygen atoms in total. The second-order valence-electron chi connectivity index (χ2n) is 14.5. The number of hydrogen-bond acceptors (Lipinski definition) is 3.